The van der Waals surface area contributed by atoms with Crippen molar-refractivity contribution in [2.75, 3.05) is 13.1 Å². The summed E-state index contributed by atoms with van der Waals surface area (Å²) >= 11 is 0. The van der Waals surface area contributed by atoms with Crippen LogP contribution >= 0.6 is 0 Å². The van der Waals surface area contributed by atoms with Gasteiger partial charge in [-0.15, -0.1) is 0 Å². The molecule has 1 aromatic carbocycles. The second-order valence-electron chi connectivity index (χ2n) is 5.41. The van der Waals surface area contributed by atoms with Crippen LogP contribution < -0.4 is 10.9 Å². The maximum absolute atomic E-state index is 12.2. The van der Waals surface area contributed by atoms with Crippen LogP contribution in [0.15, 0.2) is 35.1 Å². The molecule has 1 fully saturated rings. The molecule has 2 N–H and O–H groups in total. The Labute approximate surface area is 113 Å². The van der Waals surface area contributed by atoms with Crippen LogP contribution in [0, 0.1) is 5.92 Å². The summed E-state index contributed by atoms with van der Waals surface area (Å²) in [6.07, 6.45) is 2.36. The predicted octanol–water partition coefficient (Wildman–Crippen LogP) is 2.63. The Morgan fingerprint density at radius 3 is 3.00 bits per heavy atom. The average Bonchev–Trinajstić information content (AvgIpc) is 2.47. The largest absolute Gasteiger partial charge is 0.325 e. The summed E-state index contributed by atoms with van der Waals surface area (Å²) in [4.78, 5) is 15.2. The van der Waals surface area contributed by atoms with Gasteiger partial charge in [-0.2, -0.15) is 0 Å². The first-order valence-corrected chi connectivity index (χ1v) is 7.12. The summed E-state index contributed by atoms with van der Waals surface area (Å²) < 4.78 is 0. The van der Waals surface area contributed by atoms with E-state index in [0.717, 1.165) is 29.6 Å². The Balaban J connectivity index is 2.07. The minimum absolute atomic E-state index is 0.0357. The van der Waals surface area contributed by atoms with Crippen LogP contribution in [-0.2, 0) is 0 Å². The number of aromatic nitrogens is 1. The SMILES string of the molecule is CCC1CCNCC1c1cc2ccccc2c(=O)[nH]1. The smallest absolute Gasteiger partial charge is 0.256 e. The fourth-order valence-corrected chi connectivity index (χ4v) is 3.20. The summed E-state index contributed by atoms with van der Waals surface area (Å²) in [5, 5.41) is 5.27. The molecule has 0 bridgehead atoms. The molecule has 3 rings (SSSR count). The fourth-order valence-electron chi connectivity index (χ4n) is 3.20. The van der Waals surface area contributed by atoms with Gasteiger partial charge in [-0.05, 0) is 36.4 Å². The molecule has 0 radical (unpaired) electrons. The average molecular weight is 256 g/mol. The van der Waals surface area contributed by atoms with Crippen molar-refractivity contribution >= 4 is 10.8 Å². The van der Waals surface area contributed by atoms with Crippen molar-refractivity contribution in [2.24, 2.45) is 5.92 Å². The van der Waals surface area contributed by atoms with Gasteiger partial charge in [0.15, 0.2) is 0 Å². The lowest BCUT2D eigenvalue weighted by Crippen LogP contribution is -2.36. The Morgan fingerprint density at radius 1 is 1.32 bits per heavy atom. The molecule has 19 heavy (non-hydrogen) atoms. The highest BCUT2D eigenvalue weighted by molar-refractivity contribution is 5.81. The van der Waals surface area contributed by atoms with Crippen molar-refractivity contribution < 1.29 is 0 Å². The topological polar surface area (TPSA) is 44.9 Å². The molecule has 3 nitrogen and oxygen atoms in total. The number of hydrogen-bond donors (Lipinski definition) is 2. The number of rotatable bonds is 2. The van der Waals surface area contributed by atoms with Crippen LogP contribution in [0.2, 0.25) is 0 Å². The van der Waals surface area contributed by atoms with Crippen LogP contribution in [0.3, 0.4) is 0 Å². The van der Waals surface area contributed by atoms with E-state index in [9.17, 15) is 4.79 Å². The first-order valence-electron chi connectivity index (χ1n) is 7.12. The molecule has 100 valence electrons. The van der Waals surface area contributed by atoms with Crippen LogP contribution in [0.25, 0.3) is 10.8 Å². The van der Waals surface area contributed by atoms with Crippen molar-refractivity contribution in [2.45, 2.75) is 25.7 Å². The highest BCUT2D eigenvalue weighted by Crippen LogP contribution is 2.30. The highest BCUT2D eigenvalue weighted by atomic mass is 16.1. The van der Waals surface area contributed by atoms with Gasteiger partial charge in [0.25, 0.3) is 5.56 Å². The van der Waals surface area contributed by atoms with E-state index in [1.54, 1.807) is 0 Å². The summed E-state index contributed by atoms with van der Waals surface area (Å²) in [5.74, 6) is 1.09. The van der Waals surface area contributed by atoms with E-state index in [0.29, 0.717) is 11.8 Å². The summed E-state index contributed by atoms with van der Waals surface area (Å²) in [6.45, 7) is 4.29. The minimum atomic E-state index is 0.0357. The van der Waals surface area contributed by atoms with Crippen LogP contribution in [0.1, 0.15) is 31.4 Å². The molecule has 1 aliphatic rings. The van der Waals surface area contributed by atoms with Gasteiger partial charge in [-0.25, -0.2) is 0 Å². The molecule has 1 aliphatic heterocycles. The Kier molecular flexibility index (Phi) is 3.38. The van der Waals surface area contributed by atoms with Crippen molar-refractivity contribution in [3.8, 4) is 0 Å². The van der Waals surface area contributed by atoms with Gasteiger partial charge >= 0.3 is 0 Å². The predicted molar refractivity (Wildman–Crippen MR) is 78.6 cm³/mol. The van der Waals surface area contributed by atoms with Crippen molar-refractivity contribution in [1.29, 1.82) is 0 Å². The van der Waals surface area contributed by atoms with Gasteiger partial charge in [0, 0.05) is 23.5 Å². The van der Waals surface area contributed by atoms with Gasteiger partial charge in [0.05, 0.1) is 0 Å². The number of piperidine rings is 1. The molecular weight excluding hydrogens is 236 g/mol. The Morgan fingerprint density at radius 2 is 2.16 bits per heavy atom. The number of hydrogen-bond acceptors (Lipinski definition) is 2. The number of H-pyrrole nitrogens is 1. The lowest BCUT2D eigenvalue weighted by atomic mass is 9.82. The number of fused-ring (bicyclic) bond motifs is 1. The van der Waals surface area contributed by atoms with Crippen molar-refractivity contribution in [3.05, 3.63) is 46.4 Å². The van der Waals surface area contributed by atoms with Crippen molar-refractivity contribution in [3.63, 3.8) is 0 Å². The zero-order valence-electron chi connectivity index (χ0n) is 11.3. The van der Waals surface area contributed by atoms with Crippen LogP contribution in [0.5, 0.6) is 0 Å². The van der Waals surface area contributed by atoms with E-state index in [2.05, 4.69) is 23.3 Å². The quantitative estimate of drug-likeness (QED) is 0.867. The third-order valence-electron chi connectivity index (χ3n) is 4.32. The van der Waals surface area contributed by atoms with Crippen LogP contribution in [-0.4, -0.2) is 18.1 Å². The molecule has 0 aliphatic carbocycles. The molecule has 3 heteroatoms. The fraction of sp³-hybridized carbons (Fsp3) is 0.438. The second-order valence-corrected chi connectivity index (χ2v) is 5.41. The normalized spacial score (nSPS) is 23.6. The summed E-state index contributed by atoms with van der Waals surface area (Å²) in [7, 11) is 0. The molecule has 0 amide bonds. The number of aromatic amines is 1. The van der Waals surface area contributed by atoms with Gasteiger partial charge < -0.3 is 10.3 Å². The standard InChI is InChI=1S/C16H20N2O/c1-2-11-7-8-17-10-14(11)15-9-12-5-3-4-6-13(12)16(19)18-15/h3-6,9,11,14,17H,2,7-8,10H2,1H3,(H,18,19). The first-order chi connectivity index (χ1) is 9.29. The lowest BCUT2D eigenvalue weighted by Gasteiger charge is -2.31. The molecule has 1 aromatic heterocycles. The van der Waals surface area contributed by atoms with E-state index in [1.165, 1.54) is 12.8 Å². The van der Waals surface area contributed by atoms with Gasteiger partial charge in [0.1, 0.15) is 0 Å². The third kappa shape index (κ3) is 2.30. The third-order valence-corrected chi connectivity index (χ3v) is 4.32. The van der Waals surface area contributed by atoms with Crippen LogP contribution in [0.4, 0.5) is 0 Å². The zero-order valence-corrected chi connectivity index (χ0v) is 11.3. The number of benzene rings is 1. The molecule has 2 atom stereocenters. The van der Waals surface area contributed by atoms with Crippen molar-refractivity contribution in [1.82, 2.24) is 10.3 Å². The summed E-state index contributed by atoms with van der Waals surface area (Å²) in [6, 6.07) is 9.95. The van der Waals surface area contributed by atoms with Gasteiger partial charge in [-0.3, -0.25) is 4.79 Å². The maximum Gasteiger partial charge on any atom is 0.256 e. The molecule has 2 heterocycles. The minimum Gasteiger partial charge on any atom is -0.325 e. The van der Waals surface area contributed by atoms with E-state index < -0.39 is 0 Å². The molecule has 0 saturated carbocycles. The first kappa shape index (κ1) is 12.4. The Hall–Kier alpha value is -1.61. The molecule has 0 spiro atoms. The zero-order chi connectivity index (χ0) is 13.2. The van der Waals surface area contributed by atoms with E-state index >= 15 is 0 Å². The molecule has 2 unspecified atom stereocenters. The Bertz CT molecular complexity index is 632. The molecule has 1 saturated heterocycles. The van der Waals surface area contributed by atoms with Gasteiger partial charge in [0.2, 0.25) is 0 Å². The number of pyridine rings is 1. The maximum atomic E-state index is 12.2. The van der Waals surface area contributed by atoms with E-state index in [4.69, 9.17) is 0 Å². The summed E-state index contributed by atoms with van der Waals surface area (Å²) in [5.41, 5.74) is 1.12. The van der Waals surface area contributed by atoms with E-state index in [-0.39, 0.29) is 5.56 Å². The van der Waals surface area contributed by atoms with Gasteiger partial charge in [-0.1, -0.05) is 31.5 Å². The van der Waals surface area contributed by atoms with E-state index in [1.807, 2.05) is 24.3 Å². The molecular formula is C16H20N2O. The number of nitrogens with one attached hydrogen (secondary N) is 2. The monoisotopic (exact) mass is 256 g/mol. The lowest BCUT2D eigenvalue weighted by molar-refractivity contribution is 0.311. The second kappa shape index (κ2) is 5.17. The molecule has 2 aromatic rings. The highest BCUT2D eigenvalue weighted by Gasteiger charge is 2.25.